The summed E-state index contributed by atoms with van der Waals surface area (Å²) in [5.74, 6) is 2.59. The SMILES string of the molecule is CCCNc1nccc(OCC2CC=CCC2C)n1. The van der Waals surface area contributed by atoms with E-state index < -0.39 is 0 Å². The number of allylic oxidation sites excluding steroid dienone is 2. The molecular weight excluding hydrogens is 238 g/mol. The van der Waals surface area contributed by atoms with Crippen LogP contribution in [0.3, 0.4) is 0 Å². The molecule has 2 rings (SSSR count). The van der Waals surface area contributed by atoms with Crippen molar-refractivity contribution < 1.29 is 4.74 Å². The maximum absolute atomic E-state index is 5.81. The summed E-state index contributed by atoms with van der Waals surface area (Å²) < 4.78 is 5.81. The highest BCUT2D eigenvalue weighted by atomic mass is 16.5. The molecule has 0 aliphatic heterocycles. The molecule has 0 aromatic carbocycles. The summed E-state index contributed by atoms with van der Waals surface area (Å²) in [6, 6.07) is 1.82. The first kappa shape index (κ1) is 13.8. The highest BCUT2D eigenvalue weighted by Crippen LogP contribution is 2.25. The van der Waals surface area contributed by atoms with Crippen LogP contribution in [0.2, 0.25) is 0 Å². The summed E-state index contributed by atoms with van der Waals surface area (Å²) in [6.45, 7) is 6.01. The molecule has 0 bridgehead atoms. The molecule has 4 heteroatoms. The number of rotatable bonds is 6. The van der Waals surface area contributed by atoms with Crippen LogP contribution in [0, 0.1) is 11.8 Å². The maximum atomic E-state index is 5.81. The number of anilines is 1. The van der Waals surface area contributed by atoms with E-state index in [-0.39, 0.29) is 0 Å². The molecule has 4 nitrogen and oxygen atoms in total. The van der Waals surface area contributed by atoms with Crippen LogP contribution < -0.4 is 10.1 Å². The molecule has 104 valence electrons. The molecule has 0 saturated carbocycles. The van der Waals surface area contributed by atoms with Crippen molar-refractivity contribution in [3.8, 4) is 5.88 Å². The molecule has 0 spiro atoms. The molecule has 0 fully saturated rings. The third kappa shape index (κ3) is 4.23. The van der Waals surface area contributed by atoms with Gasteiger partial charge in [-0.05, 0) is 31.1 Å². The van der Waals surface area contributed by atoms with E-state index in [1.165, 1.54) is 0 Å². The van der Waals surface area contributed by atoms with Gasteiger partial charge in [0.05, 0.1) is 6.61 Å². The van der Waals surface area contributed by atoms with Crippen molar-refractivity contribution in [2.24, 2.45) is 11.8 Å². The largest absolute Gasteiger partial charge is 0.477 e. The lowest BCUT2D eigenvalue weighted by Crippen LogP contribution is -2.21. The van der Waals surface area contributed by atoms with Crippen molar-refractivity contribution in [2.75, 3.05) is 18.5 Å². The minimum atomic E-state index is 0.590. The van der Waals surface area contributed by atoms with Gasteiger partial charge in [0.1, 0.15) is 0 Å². The van der Waals surface area contributed by atoms with Gasteiger partial charge in [0.25, 0.3) is 0 Å². The number of ether oxygens (including phenoxy) is 1. The number of nitrogens with one attached hydrogen (secondary N) is 1. The number of hydrogen-bond donors (Lipinski definition) is 1. The lowest BCUT2D eigenvalue weighted by atomic mass is 9.85. The number of hydrogen-bond acceptors (Lipinski definition) is 4. The van der Waals surface area contributed by atoms with Crippen molar-refractivity contribution in [3.05, 3.63) is 24.4 Å². The molecule has 1 N–H and O–H groups in total. The van der Waals surface area contributed by atoms with Crippen LogP contribution in [-0.4, -0.2) is 23.1 Å². The summed E-state index contributed by atoms with van der Waals surface area (Å²) in [6.07, 6.45) is 9.57. The molecule has 0 saturated heterocycles. The van der Waals surface area contributed by atoms with Crippen LogP contribution >= 0.6 is 0 Å². The molecule has 1 heterocycles. The van der Waals surface area contributed by atoms with E-state index in [1.54, 1.807) is 6.20 Å². The van der Waals surface area contributed by atoms with E-state index in [0.29, 0.717) is 23.7 Å². The molecule has 1 aliphatic carbocycles. The van der Waals surface area contributed by atoms with E-state index >= 15 is 0 Å². The molecule has 2 atom stereocenters. The van der Waals surface area contributed by atoms with Crippen molar-refractivity contribution in [1.29, 1.82) is 0 Å². The maximum Gasteiger partial charge on any atom is 0.225 e. The van der Waals surface area contributed by atoms with Crippen molar-refractivity contribution in [1.82, 2.24) is 9.97 Å². The zero-order valence-electron chi connectivity index (χ0n) is 11.8. The van der Waals surface area contributed by atoms with E-state index in [4.69, 9.17) is 4.74 Å². The lowest BCUT2D eigenvalue weighted by molar-refractivity contribution is 0.193. The van der Waals surface area contributed by atoms with Crippen LogP contribution in [-0.2, 0) is 0 Å². The Morgan fingerprint density at radius 2 is 2.21 bits per heavy atom. The van der Waals surface area contributed by atoms with Gasteiger partial charge in [0.2, 0.25) is 11.8 Å². The van der Waals surface area contributed by atoms with Gasteiger partial charge in [-0.3, -0.25) is 0 Å². The first-order valence-electron chi connectivity index (χ1n) is 7.14. The standard InChI is InChI=1S/C15H23N3O/c1-3-9-16-15-17-10-8-14(18-15)19-11-13-7-5-4-6-12(13)2/h4-5,8,10,12-13H,3,6-7,9,11H2,1-2H3,(H,16,17,18). The van der Waals surface area contributed by atoms with Crippen LogP contribution in [0.15, 0.2) is 24.4 Å². The topological polar surface area (TPSA) is 47.0 Å². The van der Waals surface area contributed by atoms with Gasteiger partial charge < -0.3 is 10.1 Å². The van der Waals surface area contributed by atoms with Crippen molar-refractivity contribution in [3.63, 3.8) is 0 Å². The fourth-order valence-electron chi connectivity index (χ4n) is 2.18. The Morgan fingerprint density at radius 1 is 1.37 bits per heavy atom. The molecule has 1 aliphatic rings. The summed E-state index contributed by atoms with van der Waals surface area (Å²) in [5.41, 5.74) is 0. The Kier molecular flexibility index (Phi) is 5.19. The normalized spacial score (nSPS) is 22.2. The van der Waals surface area contributed by atoms with E-state index in [1.807, 2.05) is 6.07 Å². The number of aromatic nitrogens is 2. The average molecular weight is 261 g/mol. The average Bonchev–Trinajstić information content (AvgIpc) is 2.45. The first-order chi connectivity index (χ1) is 9.29. The zero-order valence-corrected chi connectivity index (χ0v) is 11.8. The Labute approximate surface area is 115 Å². The van der Waals surface area contributed by atoms with Crippen molar-refractivity contribution in [2.45, 2.75) is 33.1 Å². The molecule has 0 amide bonds. The summed E-state index contributed by atoms with van der Waals surface area (Å²) in [7, 11) is 0. The Morgan fingerprint density at radius 3 is 3.00 bits per heavy atom. The fourth-order valence-corrected chi connectivity index (χ4v) is 2.18. The predicted molar refractivity (Wildman–Crippen MR) is 77.3 cm³/mol. The quantitative estimate of drug-likeness (QED) is 0.798. The minimum Gasteiger partial charge on any atom is -0.477 e. The van der Waals surface area contributed by atoms with E-state index in [2.05, 4.69) is 41.3 Å². The van der Waals surface area contributed by atoms with Crippen LogP contribution in [0.4, 0.5) is 5.95 Å². The van der Waals surface area contributed by atoms with Crippen LogP contribution in [0.25, 0.3) is 0 Å². The highest BCUT2D eigenvalue weighted by Gasteiger charge is 2.19. The van der Waals surface area contributed by atoms with Crippen LogP contribution in [0.5, 0.6) is 5.88 Å². The Bertz CT molecular complexity index is 420. The van der Waals surface area contributed by atoms with Gasteiger partial charge in [0, 0.05) is 18.8 Å². The van der Waals surface area contributed by atoms with E-state index in [0.717, 1.165) is 32.4 Å². The van der Waals surface area contributed by atoms with Gasteiger partial charge in [-0.2, -0.15) is 4.98 Å². The second-order valence-electron chi connectivity index (χ2n) is 5.14. The molecule has 19 heavy (non-hydrogen) atoms. The van der Waals surface area contributed by atoms with Gasteiger partial charge >= 0.3 is 0 Å². The second-order valence-corrected chi connectivity index (χ2v) is 5.14. The monoisotopic (exact) mass is 261 g/mol. The van der Waals surface area contributed by atoms with Crippen LogP contribution in [0.1, 0.15) is 33.1 Å². The molecule has 2 unspecified atom stereocenters. The smallest absolute Gasteiger partial charge is 0.225 e. The summed E-state index contributed by atoms with van der Waals surface area (Å²) >= 11 is 0. The molecular formula is C15H23N3O. The molecule has 1 aromatic heterocycles. The highest BCUT2D eigenvalue weighted by molar-refractivity contribution is 5.27. The number of nitrogens with zero attached hydrogens (tertiary/aromatic N) is 2. The lowest BCUT2D eigenvalue weighted by Gasteiger charge is -2.24. The van der Waals surface area contributed by atoms with Crippen molar-refractivity contribution >= 4 is 5.95 Å². The minimum absolute atomic E-state index is 0.590. The third-order valence-electron chi connectivity index (χ3n) is 3.53. The predicted octanol–water partition coefficient (Wildman–Crippen LogP) is 3.28. The van der Waals surface area contributed by atoms with Gasteiger partial charge in [-0.15, -0.1) is 0 Å². The summed E-state index contributed by atoms with van der Waals surface area (Å²) in [4.78, 5) is 8.53. The van der Waals surface area contributed by atoms with Gasteiger partial charge in [-0.25, -0.2) is 4.98 Å². The second kappa shape index (κ2) is 7.12. The third-order valence-corrected chi connectivity index (χ3v) is 3.53. The molecule has 0 radical (unpaired) electrons. The van der Waals surface area contributed by atoms with E-state index in [9.17, 15) is 0 Å². The van der Waals surface area contributed by atoms with Gasteiger partial charge in [0.15, 0.2) is 0 Å². The first-order valence-corrected chi connectivity index (χ1v) is 7.14. The Hall–Kier alpha value is -1.58. The molecule has 1 aromatic rings. The zero-order chi connectivity index (χ0) is 13.5. The fraction of sp³-hybridized carbons (Fsp3) is 0.600. The summed E-state index contributed by atoms with van der Waals surface area (Å²) in [5, 5.41) is 3.17. The van der Waals surface area contributed by atoms with Gasteiger partial charge in [-0.1, -0.05) is 26.0 Å². The Balaban J connectivity index is 1.86.